The summed E-state index contributed by atoms with van der Waals surface area (Å²) in [4.78, 5) is 0. The second-order valence-electron chi connectivity index (χ2n) is 2.85. The molecule has 68 valence electrons. The standard InChI is InChI=1S/C6H13NO2S.ClH/c7-3-1-6-2-4-10(8,9)5-6;/h6H,1-5,7H2;1H. The van der Waals surface area contributed by atoms with Crippen molar-refractivity contribution in [3.63, 3.8) is 0 Å². The van der Waals surface area contributed by atoms with Gasteiger partial charge in [0.05, 0.1) is 11.5 Å². The van der Waals surface area contributed by atoms with E-state index < -0.39 is 9.84 Å². The molecule has 1 aliphatic rings. The fourth-order valence-corrected chi connectivity index (χ4v) is 3.25. The molecule has 0 saturated carbocycles. The predicted molar refractivity (Wildman–Crippen MR) is 47.7 cm³/mol. The van der Waals surface area contributed by atoms with Crippen LogP contribution >= 0.6 is 12.4 Å². The van der Waals surface area contributed by atoms with Crippen LogP contribution in [0.1, 0.15) is 12.8 Å². The Morgan fingerprint density at radius 3 is 2.45 bits per heavy atom. The van der Waals surface area contributed by atoms with Crippen LogP contribution in [0.25, 0.3) is 0 Å². The summed E-state index contributed by atoms with van der Waals surface area (Å²) in [6.07, 6.45) is 1.68. The molecule has 0 spiro atoms. The van der Waals surface area contributed by atoms with Gasteiger partial charge in [0, 0.05) is 0 Å². The highest BCUT2D eigenvalue weighted by atomic mass is 35.5. The van der Waals surface area contributed by atoms with Crippen LogP contribution in [0.15, 0.2) is 0 Å². The smallest absolute Gasteiger partial charge is 0.150 e. The van der Waals surface area contributed by atoms with Crippen LogP contribution in [0.5, 0.6) is 0 Å². The van der Waals surface area contributed by atoms with Crippen molar-refractivity contribution < 1.29 is 8.42 Å². The third-order valence-corrected chi connectivity index (χ3v) is 3.74. The van der Waals surface area contributed by atoms with Crippen LogP contribution in [0.3, 0.4) is 0 Å². The van der Waals surface area contributed by atoms with Crippen LogP contribution in [-0.4, -0.2) is 26.5 Å². The van der Waals surface area contributed by atoms with Crippen LogP contribution in [0.2, 0.25) is 0 Å². The number of rotatable bonds is 2. The van der Waals surface area contributed by atoms with Crippen LogP contribution in [-0.2, 0) is 9.84 Å². The van der Waals surface area contributed by atoms with E-state index in [1.807, 2.05) is 0 Å². The van der Waals surface area contributed by atoms with E-state index in [1.165, 1.54) is 0 Å². The van der Waals surface area contributed by atoms with Gasteiger partial charge in [-0.05, 0) is 25.3 Å². The largest absolute Gasteiger partial charge is 0.330 e. The van der Waals surface area contributed by atoms with Gasteiger partial charge in [0.15, 0.2) is 9.84 Å². The summed E-state index contributed by atoms with van der Waals surface area (Å²) >= 11 is 0. The Morgan fingerprint density at radius 2 is 2.09 bits per heavy atom. The van der Waals surface area contributed by atoms with Gasteiger partial charge in [0.25, 0.3) is 0 Å². The molecule has 11 heavy (non-hydrogen) atoms. The Kier molecular flexibility index (Phi) is 4.36. The average molecular weight is 200 g/mol. The molecule has 1 heterocycles. The van der Waals surface area contributed by atoms with Gasteiger partial charge in [-0.15, -0.1) is 12.4 Å². The molecule has 3 nitrogen and oxygen atoms in total. The molecule has 0 aromatic carbocycles. The Morgan fingerprint density at radius 1 is 1.45 bits per heavy atom. The van der Waals surface area contributed by atoms with Gasteiger partial charge in [-0.2, -0.15) is 0 Å². The van der Waals surface area contributed by atoms with Gasteiger partial charge in [0.2, 0.25) is 0 Å². The fourth-order valence-electron chi connectivity index (χ4n) is 1.34. The molecule has 0 aromatic heterocycles. The quantitative estimate of drug-likeness (QED) is 0.691. The SMILES string of the molecule is Cl.NCCC1CCS(=O)(=O)C1. The van der Waals surface area contributed by atoms with Gasteiger partial charge >= 0.3 is 0 Å². The molecule has 0 aromatic rings. The molecular formula is C6H14ClNO2S. The minimum absolute atomic E-state index is 0. The zero-order valence-electron chi connectivity index (χ0n) is 6.32. The topological polar surface area (TPSA) is 60.2 Å². The van der Waals surface area contributed by atoms with E-state index in [2.05, 4.69) is 0 Å². The van der Waals surface area contributed by atoms with Crippen molar-refractivity contribution >= 4 is 22.2 Å². The summed E-state index contributed by atoms with van der Waals surface area (Å²) in [5.41, 5.74) is 5.30. The Hall–Kier alpha value is 0.200. The maximum absolute atomic E-state index is 10.9. The fraction of sp³-hybridized carbons (Fsp3) is 1.00. The van der Waals surface area contributed by atoms with Gasteiger partial charge in [0.1, 0.15) is 0 Å². The summed E-state index contributed by atoms with van der Waals surface area (Å²) in [5.74, 6) is 1.08. The van der Waals surface area contributed by atoms with Gasteiger partial charge in [-0.25, -0.2) is 8.42 Å². The minimum atomic E-state index is -2.67. The molecule has 1 unspecified atom stereocenters. The number of sulfone groups is 1. The van der Waals surface area contributed by atoms with E-state index in [-0.39, 0.29) is 12.4 Å². The first kappa shape index (κ1) is 11.2. The monoisotopic (exact) mass is 199 g/mol. The number of nitrogens with two attached hydrogens (primary N) is 1. The van der Waals surface area contributed by atoms with E-state index in [1.54, 1.807) is 0 Å². The van der Waals surface area contributed by atoms with Crippen molar-refractivity contribution in [1.29, 1.82) is 0 Å². The summed E-state index contributed by atoms with van der Waals surface area (Å²) < 4.78 is 21.7. The van der Waals surface area contributed by atoms with Gasteiger partial charge < -0.3 is 5.73 Å². The van der Waals surface area contributed by atoms with E-state index in [0.717, 1.165) is 12.8 Å². The molecule has 0 bridgehead atoms. The molecule has 0 radical (unpaired) electrons. The van der Waals surface area contributed by atoms with E-state index in [9.17, 15) is 8.42 Å². The highest BCUT2D eigenvalue weighted by Crippen LogP contribution is 2.20. The maximum atomic E-state index is 10.9. The molecule has 1 aliphatic heterocycles. The first-order valence-corrected chi connectivity index (χ1v) is 5.37. The maximum Gasteiger partial charge on any atom is 0.150 e. The van der Waals surface area contributed by atoms with Crippen molar-refractivity contribution in [1.82, 2.24) is 0 Å². The molecular weight excluding hydrogens is 186 g/mol. The first-order valence-electron chi connectivity index (χ1n) is 3.54. The molecule has 2 N–H and O–H groups in total. The highest BCUT2D eigenvalue weighted by molar-refractivity contribution is 7.91. The molecule has 1 fully saturated rings. The minimum Gasteiger partial charge on any atom is -0.330 e. The highest BCUT2D eigenvalue weighted by Gasteiger charge is 2.26. The summed E-state index contributed by atoms with van der Waals surface area (Å²) in [6.45, 7) is 0.611. The van der Waals surface area contributed by atoms with Crippen molar-refractivity contribution in [2.75, 3.05) is 18.1 Å². The van der Waals surface area contributed by atoms with Crippen molar-refractivity contribution in [3.8, 4) is 0 Å². The van der Waals surface area contributed by atoms with Crippen LogP contribution in [0, 0.1) is 5.92 Å². The third kappa shape index (κ3) is 3.40. The Balaban J connectivity index is 0.000001000. The lowest BCUT2D eigenvalue weighted by molar-refractivity contribution is 0.550. The second kappa shape index (κ2) is 4.28. The first-order chi connectivity index (χ1) is 4.64. The lowest BCUT2D eigenvalue weighted by Gasteiger charge is -2.01. The average Bonchev–Trinajstić information content (AvgIpc) is 2.12. The third-order valence-electron chi connectivity index (χ3n) is 1.90. The van der Waals surface area contributed by atoms with Crippen molar-refractivity contribution in [2.45, 2.75) is 12.8 Å². The molecule has 0 aliphatic carbocycles. The zero-order valence-corrected chi connectivity index (χ0v) is 7.96. The van der Waals surface area contributed by atoms with Crippen LogP contribution in [0.4, 0.5) is 0 Å². The lowest BCUT2D eigenvalue weighted by atomic mass is 10.1. The summed E-state index contributed by atoms with van der Waals surface area (Å²) in [7, 11) is -2.67. The number of hydrogen-bond acceptors (Lipinski definition) is 3. The Bertz CT molecular complexity index is 203. The molecule has 1 saturated heterocycles. The van der Waals surface area contributed by atoms with Gasteiger partial charge in [-0.1, -0.05) is 0 Å². The summed E-state index contributed by atoms with van der Waals surface area (Å²) in [5, 5.41) is 0. The predicted octanol–water partition coefficient (Wildman–Crippen LogP) is 0.192. The normalized spacial score (nSPS) is 27.9. The zero-order chi connectivity index (χ0) is 7.61. The molecule has 1 atom stereocenters. The summed E-state index contributed by atoms with van der Waals surface area (Å²) in [6, 6.07) is 0. The Labute approximate surface area is 73.7 Å². The molecule has 0 amide bonds. The van der Waals surface area contributed by atoms with E-state index >= 15 is 0 Å². The van der Waals surface area contributed by atoms with E-state index in [0.29, 0.717) is 24.0 Å². The van der Waals surface area contributed by atoms with E-state index in [4.69, 9.17) is 5.73 Å². The number of hydrogen-bond donors (Lipinski definition) is 1. The van der Waals surface area contributed by atoms with Gasteiger partial charge in [-0.3, -0.25) is 0 Å². The van der Waals surface area contributed by atoms with Crippen molar-refractivity contribution in [2.24, 2.45) is 11.7 Å². The molecule has 5 heteroatoms. The second-order valence-corrected chi connectivity index (χ2v) is 5.08. The number of halogens is 1. The lowest BCUT2D eigenvalue weighted by Crippen LogP contribution is -2.10. The van der Waals surface area contributed by atoms with Crippen molar-refractivity contribution in [3.05, 3.63) is 0 Å². The van der Waals surface area contributed by atoms with Crippen LogP contribution < -0.4 is 5.73 Å². The molecule has 1 rings (SSSR count).